The van der Waals surface area contributed by atoms with E-state index in [1.165, 1.54) is 6.08 Å². The van der Waals surface area contributed by atoms with Gasteiger partial charge in [0.1, 0.15) is 6.10 Å². The van der Waals surface area contributed by atoms with Crippen molar-refractivity contribution in [3.63, 3.8) is 0 Å². The van der Waals surface area contributed by atoms with Crippen LogP contribution < -0.4 is 0 Å². The van der Waals surface area contributed by atoms with Gasteiger partial charge >= 0.3 is 11.9 Å². The first-order valence-corrected chi connectivity index (χ1v) is 7.58. The Morgan fingerprint density at radius 2 is 1.91 bits per heavy atom. The lowest BCUT2D eigenvalue weighted by molar-refractivity contribution is -0.151. The van der Waals surface area contributed by atoms with Crippen LogP contribution in [0.3, 0.4) is 0 Å². The monoisotopic (exact) mass is 324 g/mol. The molecule has 0 radical (unpaired) electrons. The molecule has 7 nitrogen and oxygen atoms in total. The van der Waals surface area contributed by atoms with Crippen LogP contribution in [0.4, 0.5) is 0 Å². The van der Waals surface area contributed by atoms with Gasteiger partial charge < -0.3 is 20.1 Å². The molecule has 23 heavy (non-hydrogen) atoms. The molecule has 0 aromatic rings. The molecule has 0 saturated heterocycles. The van der Waals surface area contributed by atoms with Crippen LogP contribution in [0.15, 0.2) is 22.8 Å². The highest BCUT2D eigenvalue weighted by Gasteiger charge is 2.43. The van der Waals surface area contributed by atoms with Crippen LogP contribution in [-0.2, 0) is 19.1 Å². The second kappa shape index (κ2) is 7.16. The number of carbonyl (C=O) groups is 3. The van der Waals surface area contributed by atoms with Gasteiger partial charge in [0.2, 0.25) is 0 Å². The molecule has 0 fully saturated rings. The highest BCUT2D eigenvalue weighted by molar-refractivity contribution is 6.13. The molecule has 3 N–H and O–H groups in total. The first-order chi connectivity index (χ1) is 10.9. The van der Waals surface area contributed by atoms with Crippen LogP contribution >= 0.6 is 0 Å². The predicted octanol–water partition coefficient (Wildman–Crippen LogP) is -0.214. The van der Waals surface area contributed by atoms with Gasteiger partial charge in [-0.3, -0.25) is 4.79 Å². The van der Waals surface area contributed by atoms with Gasteiger partial charge in [-0.05, 0) is 12.0 Å². The Morgan fingerprint density at radius 1 is 1.22 bits per heavy atom. The lowest BCUT2D eigenvalue weighted by Crippen LogP contribution is -2.34. The zero-order chi connectivity index (χ0) is 17.1. The molecular formula is C16H20O7. The van der Waals surface area contributed by atoms with E-state index in [1.54, 1.807) is 0 Å². The van der Waals surface area contributed by atoms with E-state index in [0.717, 1.165) is 0 Å². The maximum atomic E-state index is 12.2. The molecule has 126 valence electrons. The van der Waals surface area contributed by atoms with Crippen LogP contribution in [0.25, 0.3) is 0 Å². The van der Waals surface area contributed by atoms with E-state index < -0.39 is 35.8 Å². The van der Waals surface area contributed by atoms with Gasteiger partial charge in [-0.1, -0.05) is 19.4 Å². The Morgan fingerprint density at radius 3 is 2.52 bits per heavy atom. The average Bonchev–Trinajstić information content (AvgIpc) is 2.78. The molecular weight excluding hydrogens is 304 g/mol. The molecule has 2 aliphatic rings. The number of rotatable bonds is 3. The maximum Gasteiger partial charge on any atom is 0.342 e. The SMILES string of the molecule is CCC[C@@H]1C2=C(C/C(=C/CO)[C@H](O)CC(=O)[C@@H]1O)C(=O)OC2=O. The van der Waals surface area contributed by atoms with Crippen molar-refractivity contribution in [2.24, 2.45) is 5.92 Å². The minimum Gasteiger partial charge on any atom is -0.392 e. The molecule has 1 heterocycles. The van der Waals surface area contributed by atoms with Gasteiger partial charge in [0.05, 0.1) is 23.9 Å². The van der Waals surface area contributed by atoms with Crippen molar-refractivity contribution in [3.8, 4) is 0 Å². The van der Waals surface area contributed by atoms with Crippen molar-refractivity contribution in [2.75, 3.05) is 6.61 Å². The Bertz CT molecular complexity index is 587. The summed E-state index contributed by atoms with van der Waals surface area (Å²) in [6.07, 6.45) is -0.925. The Kier molecular flexibility index (Phi) is 5.46. The first kappa shape index (κ1) is 17.5. The summed E-state index contributed by atoms with van der Waals surface area (Å²) in [5, 5.41) is 29.5. The highest BCUT2D eigenvalue weighted by Crippen LogP contribution is 2.36. The van der Waals surface area contributed by atoms with E-state index in [9.17, 15) is 24.6 Å². The second-order valence-electron chi connectivity index (χ2n) is 5.73. The molecule has 7 heteroatoms. The summed E-state index contributed by atoms with van der Waals surface area (Å²) < 4.78 is 4.64. The fourth-order valence-electron chi connectivity index (χ4n) is 3.06. The standard InChI is InChI=1S/C16H20O7/c1-2-3-9-13-10(15(21)23-16(13)22)6-8(4-5-17)11(18)7-12(19)14(9)20/h4,9,11,14,17-18,20H,2-3,5-7H2,1H3/b8-4-/t9-,11-,14-/m1/s1. The number of Topliss-reactive ketones (excluding diaryl/α,β-unsaturated/α-hetero) is 1. The number of hydrogen-bond donors (Lipinski definition) is 3. The van der Waals surface area contributed by atoms with Gasteiger partial charge in [0, 0.05) is 18.8 Å². The summed E-state index contributed by atoms with van der Waals surface area (Å²) in [4.78, 5) is 36.2. The number of esters is 2. The fraction of sp³-hybridized carbons (Fsp3) is 0.562. The Labute approximate surface area is 133 Å². The van der Waals surface area contributed by atoms with Crippen molar-refractivity contribution < 1.29 is 34.4 Å². The van der Waals surface area contributed by atoms with Gasteiger partial charge in [0.25, 0.3) is 0 Å². The summed E-state index contributed by atoms with van der Waals surface area (Å²) in [5.41, 5.74) is 0.306. The third-order valence-electron chi connectivity index (χ3n) is 4.22. The van der Waals surface area contributed by atoms with Gasteiger partial charge in [-0.2, -0.15) is 0 Å². The van der Waals surface area contributed by atoms with Crippen molar-refractivity contribution >= 4 is 17.7 Å². The minimum atomic E-state index is -1.48. The van der Waals surface area contributed by atoms with Gasteiger partial charge in [0.15, 0.2) is 5.78 Å². The summed E-state index contributed by atoms with van der Waals surface area (Å²) in [7, 11) is 0. The minimum absolute atomic E-state index is 0.00985. The Hall–Kier alpha value is -1.83. The number of cyclic esters (lactones) is 2. The summed E-state index contributed by atoms with van der Waals surface area (Å²) in [6.45, 7) is 1.45. The molecule has 0 unspecified atom stereocenters. The lowest BCUT2D eigenvalue weighted by atomic mass is 9.84. The van der Waals surface area contributed by atoms with Crippen LogP contribution in [-0.4, -0.2) is 51.9 Å². The number of aliphatic hydroxyl groups is 3. The number of aliphatic hydroxyl groups excluding tert-OH is 3. The zero-order valence-corrected chi connectivity index (χ0v) is 12.8. The first-order valence-electron chi connectivity index (χ1n) is 7.58. The normalized spacial score (nSPS) is 30.9. The van der Waals surface area contributed by atoms with E-state index >= 15 is 0 Å². The van der Waals surface area contributed by atoms with E-state index in [4.69, 9.17) is 5.11 Å². The number of ether oxygens (including phenoxy) is 1. The number of ketones is 1. The molecule has 1 aliphatic heterocycles. The molecule has 0 spiro atoms. The lowest BCUT2D eigenvalue weighted by Gasteiger charge is -2.21. The molecule has 0 bridgehead atoms. The quantitative estimate of drug-likeness (QED) is 0.373. The smallest absolute Gasteiger partial charge is 0.342 e. The predicted molar refractivity (Wildman–Crippen MR) is 77.9 cm³/mol. The maximum absolute atomic E-state index is 12.2. The van der Waals surface area contributed by atoms with E-state index in [2.05, 4.69) is 4.74 Å². The zero-order valence-electron chi connectivity index (χ0n) is 12.8. The molecule has 2 rings (SSSR count). The molecule has 1 aliphatic carbocycles. The molecule has 0 aromatic carbocycles. The van der Waals surface area contributed by atoms with E-state index in [-0.39, 0.29) is 36.2 Å². The van der Waals surface area contributed by atoms with Gasteiger partial charge in [-0.15, -0.1) is 0 Å². The summed E-state index contributed by atoms with van der Waals surface area (Å²) >= 11 is 0. The Balaban J connectivity index is 2.57. The van der Waals surface area contributed by atoms with Crippen LogP contribution in [0.1, 0.15) is 32.6 Å². The number of carbonyl (C=O) groups excluding carboxylic acids is 3. The highest BCUT2D eigenvalue weighted by atomic mass is 16.6. The van der Waals surface area contributed by atoms with Crippen LogP contribution in [0, 0.1) is 5.92 Å². The largest absolute Gasteiger partial charge is 0.392 e. The van der Waals surface area contributed by atoms with Crippen LogP contribution in [0.2, 0.25) is 0 Å². The van der Waals surface area contributed by atoms with Crippen LogP contribution in [0.5, 0.6) is 0 Å². The third-order valence-corrected chi connectivity index (χ3v) is 4.22. The summed E-state index contributed by atoms with van der Waals surface area (Å²) in [6, 6.07) is 0. The average molecular weight is 324 g/mol. The molecule has 0 aromatic heterocycles. The summed E-state index contributed by atoms with van der Waals surface area (Å²) in [5.74, 6) is -3.12. The van der Waals surface area contributed by atoms with Crippen molar-refractivity contribution in [1.29, 1.82) is 0 Å². The number of hydrogen-bond acceptors (Lipinski definition) is 7. The molecule has 0 amide bonds. The molecule has 0 saturated carbocycles. The van der Waals surface area contributed by atoms with E-state index in [0.29, 0.717) is 12.8 Å². The second-order valence-corrected chi connectivity index (χ2v) is 5.73. The van der Waals surface area contributed by atoms with Gasteiger partial charge in [-0.25, -0.2) is 9.59 Å². The third kappa shape index (κ3) is 3.41. The topological polar surface area (TPSA) is 121 Å². The fourth-order valence-corrected chi connectivity index (χ4v) is 3.06. The van der Waals surface area contributed by atoms with Crippen molar-refractivity contribution in [3.05, 3.63) is 22.8 Å². The van der Waals surface area contributed by atoms with Crippen molar-refractivity contribution in [1.82, 2.24) is 0 Å². The van der Waals surface area contributed by atoms with E-state index in [1.807, 2.05) is 6.92 Å². The van der Waals surface area contributed by atoms with Crippen molar-refractivity contribution in [2.45, 2.75) is 44.8 Å². The molecule has 3 atom stereocenters.